The van der Waals surface area contributed by atoms with Crippen LogP contribution in [0.5, 0.6) is 0 Å². The average molecular weight is 109 g/mol. The first-order valence-corrected chi connectivity index (χ1v) is 3.47. The van der Waals surface area contributed by atoms with Gasteiger partial charge in [0.25, 0.3) is 0 Å². The van der Waals surface area contributed by atoms with Crippen LogP contribution in [0.3, 0.4) is 0 Å². The minimum Gasteiger partial charge on any atom is -0.0882 e. The lowest BCUT2D eigenvalue weighted by molar-refractivity contribution is 0.203. The maximum Gasteiger partial charge on any atom is 0.0273 e. The van der Waals surface area contributed by atoms with Crippen LogP contribution in [-0.2, 0) is 0 Å². The van der Waals surface area contributed by atoms with Gasteiger partial charge in [-0.05, 0) is 37.5 Å². The normalized spacial score (nSPS) is 54.0. The van der Waals surface area contributed by atoms with Crippen LogP contribution in [0.15, 0.2) is 12.2 Å². The van der Waals surface area contributed by atoms with Gasteiger partial charge in [-0.25, -0.2) is 0 Å². The molecule has 0 aliphatic heterocycles. The predicted octanol–water partition coefficient (Wildman–Crippen LogP) is 2.36. The van der Waals surface area contributed by atoms with Gasteiger partial charge in [0.2, 0.25) is 0 Å². The van der Waals surface area contributed by atoms with Gasteiger partial charge >= 0.3 is 0 Å². The Kier molecular flexibility index (Phi) is 0.746. The van der Waals surface area contributed by atoms with E-state index in [-0.39, 0.29) is 6.40 Å². The maximum atomic E-state index is 7.49. The van der Waals surface area contributed by atoms with Crippen LogP contribution >= 0.6 is 0 Å². The van der Waals surface area contributed by atoms with Crippen molar-refractivity contribution in [3.8, 4) is 0 Å². The van der Waals surface area contributed by atoms with E-state index in [1.54, 1.807) is 0 Å². The Morgan fingerprint density at radius 3 is 3.12 bits per heavy atom. The van der Waals surface area contributed by atoms with Crippen LogP contribution in [0.4, 0.5) is 0 Å². The first kappa shape index (κ1) is 3.71. The molecule has 44 valence electrons. The molecule has 2 aliphatic carbocycles. The molecule has 0 unspecified atom stereocenters. The summed E-state index contributed by atoms with van der Waals surface area (Å²) in [6.07, 6.45) is 8.49. The Bertz CT molecular complexity index is 140. The molecule has 0 N–H and O–H groups in total. The number of hydrogen-bond acceptors (Lipinski definition) is 0. The van der Waals surface area contributed by atoms with Crippen molar-refractivity contribution in [3.05, 3.63) is 12.2 Å². The first-order valence-electron chi connectivity index (χ1n) is 4.04. The fraction of sp³-hybridized carbons (Fsp3) is 0.750. The van der Waals surface area contributed by atoms with Gasteiger partial charge in [-0.15, -0.1) is 0 Å². The Labute approximate surface area is 52.0 Å². The van der Waals surface area contributed by atoms with E-state index in [1.807, 2.05) is 0 Å². The molecule has 0 heterocycles. The summed E-state index contributed by atoms with van der Waals surface area (Å²) in [6, 6.07) is 0. The van der Waals surface area contributed by atoms with E-state index in [0.29, 0.717) is 5.92 Å². The monoisotopic (exact) mass is 109 g/mol. The average Bonchev–Trinajstić information content (AvgIpc) is 1.86. The lowest BCUT2D eigenvalue weighted by atomic mass is 9.69. The van der Waals surface area contributed by atoms with E-state index in [1.165, 1.54) is 12.8 Å². The highest BCUT2D eigenvalue weighted by atomic mass is 14.3. The van der Waals surface area contributed by atoms with Gasteiger partial charge < -0.3 is 0 Å². The molecule has 0 bridgehead atoms. The van der Waals surface area contributed by atoms with Crippen LogP contribution in [-0.4, -0.2) is 0 Å². The molecule has 0 nitrogen and oxygen atoms in total. The van der Waals surface area contributed by atoms with Gasteiger partial charge in [-0.2, -0.15) is 0 Å². The zero-order valence-corrected chi connectivity index (χ0v) is 5.01. The second-order valence-corrected chi connectivity index (χ2v) is 2.81. The summed E-state index contributed by atoms with van der Waals surface area (Å²) in [5.74, 6) is 1.52. The molecule has 0 amide bonds. The third-order valence-corrected chi connectivity index (χ3v) is 2.32. The molecule has 1 fully saturated rings. The number of hydrogen-bond donors (Lipinski definition) is 0. The molecular formula is C8H12. The third kappa shape index (κ3) is 0.521. The predicted molar refractivity (Wildman–Crippen MR) is 34.6 cm³/mol. The summed E-state index contributed by atoms with van der Waals surface area (Å²) >= 11 is 0. The van der Waals surface area contributed by atoms with Gasteiger partial charge in [0, 0.05) is 1.37 Å². The SMILES string of the molecule is [2H][C@H]1C[C@H]2CCC=C[C@H]21. The molecule has 2 rings (SSSR count). The summed E-state index contributed by atoms with van der Waals surface area (Å²) in [5, 5.41) is 0. The maximum absolute atomic E-state index is 7.49. The topological polar surface area (TPSA) is 0 Å². The van der Waals surface area contributed by atoms with E-state index in [9.17, 15) is 0 Å². The van der Waals surface area contributed by atoms with Crippen molar-refractivity contribution in [2.24, 2.45) is 11.8 Å². The van der Waals surface area contributed by atoms with Crippen LogP contribution < -0.4 is 0 Å². The third-order valence-electron chi connectivity index (χ3n) is 2.32. The van der Waals surface area contributed by atoms with E-state index >= 15 is 0 Å². The summed E-state index contributed by atoms with van der Waals surface area (Å²) < 4.78 is 7.49. The minimum absolute atomic E-state index is 0.242. The molecule has 3 atom stereocenters. The second-order valence-electron chi connectivity index (χ2n) is 2.81. The van der Waals surface area contributed by atoms with Crippen LogP contribution in [0.2, 0.25) is 0 Å². The fourth-order valence-corrected chi connectivity index (χ4v) is 1.60. The van der Waals surface area contributed by atoms with Crippen molar-refractivity contribution in [1.29, 1.82) is 0 Å². The number of allylic oxidation sites excluding steroid dienone is 2. The molecule has 0 aromatic carbocycles. The van der Waals surface area contributed by atoms with Crippen molar-refractivity contribution in [2.75, 3.05) is 0 Å². The minimum atomic E-state index is 0.242. The van der Waals surface area contributed by atoms with Crippen LogP contribution in [0.25, 0.3) is 0 Å². The Morgan fingerprint density at radius 1 is 1.50 bits per heavy atom. The zero-order valence-electron chi connectivity index (χ0n) is 6.01. The van der Waals surface area contributed by atoms with Gasteiger partial charge in [0.05, 0.1) is 0 Å². The summed E-state index contributed by atoms with van der Waals surface area (Å²) in [7, 11) is 0. The second kappa shape index (κ2) is 1.61. The van der Waals surface area contributed by atoms with Crippen LogP contribution in [0, 0.1) is 11.8 Å². The molecule has 1 saturated carbocycles. The quantitative estimate of drug-likeness (QED) is 0.419. The summed E-state index contributed by atoms with van der Waals surface area (Å²) in [5.41, 5.74) is 0. The van der Waals surface area contributed by atoms with Crippen LogP contribution in [0.1, 0.15) is 27.0 Å². The molecular weight excluding hydrogens is 96.1 g/mol. The highest BCUT2D eigenvalue weighted by molar-refractivity contribution is 5.01. The molecule has 0 saturated heterocycles. The van der Waals surface area contributed by atoms with Crippen molar-refractivity contribution in [3.63, 3.8) is 0 Å². The van der Waals surface area contributed by atoms with Crippen molar-refractivity contribution in [1.82, 2.24) is 0 Å². The lowest BCUT2D eigenvalue weighted by Gasteiger charge is -2.36. The smallest absolute Gasteiger partial charge is 0.0273 e. The Morgan fingerprint density at radius 2 is 2.50 bits per heavy atom. The number of fused-ring (bicyclic) bond motifs is 1. The van der Waals surface area contributed by atoms with Gasteiger partial charge in [0.15, 0.2) is 0 Å². The largest absolute Gasteiger partial charge is 0.0882 e. The molecule has 0 heteroatoms. The molecule has 0 aromatic rings. The summed E-state index contributed by atoms with van der Waals surface area (Å²) in [6.45, 7) is 0. The number of rotatable bonds is 0. The van der Waals surface area contributed by atoms with E-state index in [2.05, 4.69) is 12.2 Å². The van der Waals surface area contributed by atoms with Gasteiger partial charge in [-0.1, -0.05) is 12.2 Å². The molecule has 0 spiro atoms. The molecule has 2 aliphatic rings. The van der Waals surface area contributed by atoms with Gasteiger partial charge in [0.1, 0.15) is 0 Å². The van der Waals surface area contributed by atoms with E-state index < -0.39 is 0 Å². The van der Waals surface area contributed by atoms with Crippen molar-refractivity contribution < 1.29 is 1.37 Å². The van der Waals surface area contributed by atoms with Crippen molar-refractivity contribution in [2.45, 2.75) is 25.7 Å². The van der Waals surface area contributed by atoms with Gasteiger partial charge in [-0.3, -0.25) is 0 Å². The summed E-state index contributed by atoms with van der Waals surface area (Å²) in [4.78, 5) is 0. The fourth-order valence-electron chi connectivity index (χ4n) is 1.60. The van der Waals surface area contributed by atoms with E-state index in [0.717, 1.165) is 12.3 Å². The Balaban J connectivity index is 2.07. The van der Waals surface area contributed by atoms with E-state index in [4.69, 9.17) is 1.37 Å². The lowest BCUT2D eigenvalue weighted by Crippen LogP contribution is -2.25. The first-order chi connectivity index (χ1) is 4.38. The highest BCUT2D eigenvalue weighted by Gasteiger charge is 2.29. The molecule has 0 radical (unpaired) electrons. The zero-order chi connectivity index (χ0) is 6.27. The highest BCUT2D eigenvalue weighted by Crippen LogP contribution is 2.40. The standard InChI is InChI=1S/C8H12/c1-2-4-8-6-5-7(8)3-1/h1,3,7-8H,2,4-6H2/t7-,8+/m0/s1/i5D/t5-,7-,8+. The Hall–Kier alpha value is -0.260. The molecule has 0 aromatic heterocycles. The van der Waals surface area contributed by atoms with Crippen molar-refractivity contribution >= 4 is 0 Å². The molecule has 8 heavy (non-hydrogen) atoms.